The summed E-state index contributed by atoms with van der Waals surface area (Å²) in [6.45, 7) is 3.26. The van der Waals surface area contributed by atoms with E-state index in [9.17, 15) is 0 Å². The second-order valence-electron chi connectivity index (χ2n) is 5.90. The molecule has 1 aliphatic rings. The van der Waals surface area contributed by atoms with Crippen LogP contribution in [0, 0.1) is 5.92 Å². The van der Waals surface area contributed by atoms with E-state index in [0.29, 0.717) is 17.9 Å². The minimum atomic E-state index is 0.411. The molecule has 1 aliphatic carbocycles. The third kappa shape index (κ3) is 3.48. The predicted octanol–water partition coefficient (Wildman–Crippen LogP) is 5.18. The van der Waals surface area contributed by atoms with E-state index in [1.165, 1.54) is 17.5 Å². The third-order valence-corrected chi connectivity index (χ3v) is 4.55. The van der Waals surface area contributed by atoms with Gasteiger partial charge in [-0.05, 0) is 54.5 Å². The van der Waals surface area contributed by atoms with Crippen LogP contribution in [0.25, 0.3) is 0 Å². The summed E-state index contributed by atoms with van der Waals surface area (Å²) in [4.78, 5) is 0. The van der Waals surface area contributed by atoms with Crippen LogP contribution in [0.15, 0.2) is 54.6 Å². The first-order valence-corrected chi connectivity index (χ1v) is 8.21. The van der Waals surface area contributed by atoms with Gasteiger partial charge in [-0.3, -0.25) is 0 Å². The van der Waals surface area contributed by atoms with Crippen molar-refractivity contribution in [1.29, 1.82) is 0 Å². The monoisotopic (exact) mass is 299 g/mol. The van der Waals surface area contributed by atoms with E-state index in [1.54, 1.807) is 0 Å². The lowest BCUT2D eigenvalue weighted by molar-refractivity contribution is 0.473. The first-order valence-electron chi connectivity index (χ1n) is 7.83. The van der Waals surface area contributed by atoms with Gasteiger partial charge in [0.1, 0.15) is 0 Å². The highest BCUT2D eigenvalue weighted by Crippen LogP contribution is 2.54. The van der Waals surface area contributed by atoms with E-state index < -0.39 is 0 Å². The number of benzene rings is 2. The highest BCUT2D eigenvalue weighted by molar-refractivity contribution is 6.30. The Morgan fingerprint density at radius 3 is 2.67 bits per heavy atom. The number of hydrogen-bond acceptors (Lipinski definition) is 1. The minimum absolute atomic E-state index is 0.411. The largest absolute Gasteiger partial charge is 0.310 e. The zero-order valence-corrected chi connectivity index (χ0v) is 13.2. The van der Waals surface area contributed by atoms with Gasteiger partial charge in [-0.25, -0.2) is 0 Å². The van der Waals surface area contributed by atoms with Gasteiger partial charge in [0.2, 0.25) is 0 Å². The molecule has 0 bridgehead atoms. The van der Waals surface area contributed by atoms with Gasteiger partial charge in [0.15, 0.2) is 0 Å². The van der Waals surface area contributed by atoms with Crippen molar-refractivity contribution >= 4 is 11.6 Å². The molecule has 1 fully saturated rings. The average molecular weight is 300 g/mol. The lowest BCUT2D eigenvalue weighted by Crippen LogP contribution is -2.24. The van der Waals surface area contributed by atoms with E-state index in [1.807, 2.05) is 6.07 Å². The molecule has 0 amide bonds. The van der Waals surface area contributed by atoms with Crippen LogP contribution in [-0.2, 0) is 0 Å². The maximum absolute atomic E-state index is 6.17. The van der Waals surface area contributed by atoms with Crippen molar-refractivity contribution in [3.8, 4) is 0 Å². The van der Waals surface area contributed by atoms with Gasteiger partial charge < -0.3 is 5.32 Å². The van der Waals surface area contributed by atoms with Crippen molar-refractivity contribution in [3.63, 3.8) is 0 Å². The molecule has 2 heteroatoms. The van der Waals surface area contributed by atoms with Gasteiger partial charge in [0.05, 0.1) is 0 Å². The fraction of sp³-hybridized carbons (Fsp3) is 0.368. The molecule has 0 aliphatic heterocycles. The Kier molecular flexibility index (Phi) is 4.62. The first-order chi connectivity index (χ1) is 10.3. The summed E-state index contributed by atoms with van der Waals surface area (Å²) in [5.41, 5.74) is 2.78. The molecule has 1 N–H and O–H groups in total. The number of halogens is 1. The second-order valence-corrected chi connectivity index (χ2v) is 6.34. The van der Waals surface area contributed by atoms with Crippen LogP contribution in [0.2, 0.25) is 5.02 Å². The molecule has 3 unspecified atom stereocenters. The molecule has 0 radical (unpaired) electrons. The molecule has 2 aromatic carbocycles. The molecule has 3 rings (SSSR count). The zero-order valence-electron chi connectivity index (χ0n) is 12.4. The highest BCUT2D eigenvalue weighted by atomic mass is 35.5. The zero-order chi connectivity index (χ0) is 14.7. The van der Waals surface area contributed by atoms with Crippen LogP contribution in [0.4, 0.5) is 0 Å². The Labute approximate surface area is 132 Å². The summed E-state index contributed by atoms with van der Waals surface area (Å²) in [5, 5.41) is 4.54. The summed E-state index contributed by atoms with van der Waals surface area (Å²) >= 11 is 6.17. The summed E-state index contributed by atoms with van der Waals surface area (Å²) in [6.07, 6.45) is 2.41. The van der Waals surface area contributed by atoms with Crippen LogP contribution in [0.1, 0.15) is 42.9 Å². The molecule has 0 heterocycles. The lowest BCUT2D eigenvalue weighted by Gasteiger charge is -2.20. The molecular weight excluding hydrogens is 278 g/mol. The van der Waals surface area contributed by atoms with E-state index in [2.05, 4.69) is 60.8 Å². The van der Waals surface area contributed by atoms with Gasteiger partial charge in [-0.15, -0.1) is 0 Å². The normalized spacial score (nSPS) is 22.0. The minimum Gasteiger partial charge on any atom is -0.310 e. The fourth-order valence-corrected chi connectivity index (χ4v) is 3.38. The molecule has 1 saturated carbocycles. The van der Waals surface area contributed by atoms with E-state index in [0.717, 1.165) is 18.0 Å². The molecule has 1 nitrogen and oxygen atoms in total. The molecule has 110 valence electrons. The van der Waals surface area contributed by atoms with Crippen molar-refractivity contribution in [2.45, 2.75) is 31.7 Å². The molecular formula is C19H22ClN. The molecule has 3 atom stereocenters. The summed E-state index contributed by atoms with van der Waals surface area (Å²) < 4.78 is 0. The van der Waals surface area contributed by atoms with Crippen molar-refractivity contribution in [2.75, 3.05) is 6.54 Å². The summed E-state index contributed by atoms with van der Waals surface area (Å²) in [5.74, 6) is 1.36. The van der Waals surface area contributed by atoms with Gasteiger partial charge in [-0.1, -0.05) is 61.0 Å². The van der Waals surface area contributed by atoms with E-state index in [-0.39, 0.29) is 0 Å². The molecule has 21 heavy (non-hydrogen) atoms. The maximum atomic E-state index is 6.17. The molecule has 0 aromatic heterocycles. The summed E-state index contributed by atoms with van der Waals surface area (Å²) in [6, 6.07) is 19.6. The third-order valence-electron chi connectivity index (χ3n) is 4.32. The Morgan fingerprint density at radius 1 is 1.14 bits per heavy atom. The molecule has 2 aromatic rings. The summed E-state index contributed by atoms with van der Waals surface area (Å²) in [7, 11) is 0. The topological polar surface area (TPSA) is 12.0 Å². The Morgan fingerprint density at radius 2 is 1.95 bits per heavy atom. The van der Waals surface area contributed by atoms with E-state index >= 15 is 0 Å². The van der Waals surface area contributed by atoms with Crippen molar-refractivity contribution in [2.24, 2.45) is 5.92 Å². The maximum Gasteiger partial charge on any atom is 0.0409 e. The number of nitrogens with one attached hydrogen (secondary N) is 1. The Balaban J connectivity index is 1.78. The Bertz CT molecular complexity index is 581. The van der Waals surface area contributed by atoms with Crippen molar-refractivity contribution < 1.29 is 0 Å². The van der Waals surface area contributed by atoms with Crippen molar-refractivity contribution in [1.82, 2.24) is 5.32 Å². The predicted molar refractivity (Wildman–Crippen MR) is 89.8 cm³/mol. The molecule has 0 spiro atoms. The van der Waals surface area contributed by atoms with Gasteiger partial charge >= 0.3 is 0 Å². The number of rotatable bonds is 6. The van der Waals surface area contributed by atoms with Crippen LogP contribution < -0.4 is 5.32 Å². The van der Waals surface area contributed by atoms with Gasteiger partial charge in [-0.2, -0.15) is 0 Å². The lowest BCUT2D eigenvalue weighted by atomic mass is 9.98. The standard InChI is InChI=1S/C19H22ClN/c1-2-11-21-19(15-9-6-10-16(20)12-15)18-13-17(18)14-7-4-3-5-8-14/h3-10,12,17-19,21H,2,11,13H2,1H3. The van der Waals surface area contributed by atoms with Gasteiger partial charge in [0.25, 0.3) is 0 Å². The SMILES string of the molecule is CCCNC(c1cccc(Cl)c1)C1CC1c1ccccc1. The van der Waals surface area contributed by atoms with Crippen LogP contribution in [0.3, 0.4) is 0 Å². The average Bonchev–Trinajstić information content (AvgIpc) is 3.29. The fourth-order valence-electron chi connectivity index (χ4n) is 3.18. The van der Waals surface area contributed by atoms with Crippen molar-refractivity contribution in [3.05, 3.63) is 70.7 Å². The van der Waals surface area contributed by atoms with Crippen LogP contribution in [0.5, 0.6) is 0 Å². The quantitative estimate of drug-likeness (QED) is 0.774. The molecule has 0 saturated heterocycles. The Hall–Kier alpha value is -1.31. The van der Waals surface area contributed by atoms with E-state index in [4.69, 9.17) is 11.6 Å². The number of hydrogen-bond donors (Lipinski definition) is 1. The van der Waals surface area contributed by atoms with Crippen LogP contribution >= 0.6 is 11.6 Å². The second kappa shape index (κ2) is 6.64. The van der Waals surface area contributed by atoms with Gasteiger partial charge in [0, 0.05) is 11.1 Å². The highest BCUT2D eigenvalue weighted by Gasteiger charge is 2.44. The van der Waals surface area contributed by atoms with Crippen LogP contribution in [-0.4, -0.2) is 6.54 Å². The smallest absolute Gasteiger partial charge is 0.0409 e. The first kappa shape index (κ1) is 14.6.